The van der Waals surface area contributed by atoms with Crippen molar-refractivity contribution < 1.29 is 19.2 Å². The van der Waals surface area contributed by atoms with Gasteiger partial charge in [-0.1, -0.05) is 39.0 Å². The molecule has 10 nitrogen and oxygen atoms in total. The predicted molar refractivity (Wildman–Crippen MR) is 145 cm³/mol. The number of amides is 4. The summed E-state index contributed by atoms with van der Waals surface area (Å²) in [4.78, 5) is 57.2. The Morgan fingerprint density at radius 2 is 1.92 bits per heavy atom. The van der Waals surface area contributed by atoms with Gasteiger partial charge >= 0.3 is 11.8 Å². The van der Waals surface area contributed by atoms with Crippen LogP contribution < -0.4 is 16.0 Å². The molecule has 1 fully saturated rings. The van der Waals surface area contributed by atoms with Crippen molar-refractivity contribution in [2.45, 2.75) is 51.1 Å². The van der Waals surface area contributed by atoms with Crippen LogP contribution in [0.3, 0.4) is 0 Å². The van der Waals surface area contributed by atoms with Gasteiger partial charge in [0.2, 0.25) is 11.8 Å². The number of nitriles is 1. The molecule has 2 aliphatic heterocycles. The summed E-state index contributed by atoms with van der Waals surface area (Å²) in [5.41, 5.74) is 1.32. The van der Waals surface area contributed by atoms with Gasteiger partial charge in [-0.15, -0.1) is 0 Å². The number of fused-ring (bicyclic) bond motifs is 3. The molecule has 3 atom stereocenters. The summed E-state index contributed by atoms with van der Waals surface area (Å²) in [5.74, 6) is -2.62. The summed E-state index contributed by atoms with van der Waals surface area (Å²) < 4.78 is 0. The molecule has 200 valence electrons. The number of anilines is 2. The molecule has 3 aromatic rings. The van der Waals surface area contributed by atoms with Gasteiger partial charge in [0.15, 0.2) is 0 Å². The number of hydrogen-bond acceptors (Lipinski definition) is 5. The Hall–Kier alpha value is -4.65. The molecule has 0 radical (unpaired) electrons. The van der Waals surface area contributed by atoms with Crippen LogP contribution in [0.5, 0.6) is 0 Å². The first-order valence-corrected chi connectivity index (χ1v) is 12.8. The molecule has 1 spiro atoms. The first-order chi connectivity index (χ1) is 18.5. The van der Waals surface area contributed by atoms with Crippen LogP contribution in [0.1, 0.15) is 39.2 Å². The van der Waals surface area contributed by atoms with Crippen LogP contribution in [0.2, 0.25) is 0 Å². The topological polar surface area (TPSA) is 147 Å². The quantitative estimate of drug-likeness (QED) is 0.386. The molecule has 4 amide bonds. The fraction of sp³-hybridized carbons (Fsp3) is 0.345. The third-order valence-electron chi connectivity index (χ3n) is 7.35. The second-order valence-corrected chi connectivity index (χ2v) is 11.4. The van der Waals surface area contributed by atoms with Crippen molar-refractivity contribution in [1.29, 1.82) is 5.26 Å². The van der Waals surface area contributed by atoms with Crippen molar-refractivity contribution in [2.24, 2.45) is 5.41 Å². The lowest BCUT2D eigenvalue weighted by Gasteiger charge is -2.31. The monoisotopic (exact) mass is 526 g/mol. The maximum absolute atomic E-state index is 13.9. The Morgan fingerprint density at radius 1 is 1.15 bits per heavy atom. The van der Waals surface area contributed by atoms with E-state index in [-0.39, 0.29) is 30.7 Å². The van der Waals surface area contributed by atoms with Crippen LogP contribution in [-0.4, -0.2) is 52.1 Å². The van der Waals surface area contributed by atoms with E-state index in [0.717, 1.165) is 16.5 Å². The number of hydrogen-bond donors (Lipinski definition) is 4. The zero-order chi connectivity index (χ0) is 27.9. The van der Waals surface area contributed by atoms with Crippen molar-refractivity contribution in [3.05, 3.63) is 60.3 Å². The van der Waals surface area contributed by atoms with Crippen LogP contribution in [0.25, 0.3) is 10.9 Å². The number of likely N-dealkylation sites (tertiary alicyclic amines) is 1. The molecule has 0 unspecified atom stereocenters. The van der Waals surface area contributed by atoms with Crippen molar-refractivity contribution in [2.75, 3.05) is 17.2 Å². The highest BCUT2D eigenvalue weighted by Crippen LogP contribution is 2.46. The average molecular weight is 527 g/mol. The van der Waals surface area contributed by atoms with E-state index >= 15 is 0 Å². The second kappa shape index (κ2) is 9.58. The summed E-state index contributed by atoms with van der Waals surface area (Å²) in [6.45, 7) is 5.75. The van der Waals surface area contributed by atoms with Crippen LogP contribution >= 0.6 is 0 Å². The first kappa shape index (κ1) is 26.0. The second-order valence-electron chi connectivity index (χ2n) is 11.4. The highest BCUT2D eigenvalue weighted by Gasteiger charge is 2.56. The van der Waals surface area contributed by atoms with Crippen molar-refractivity contribution >= 4 is 45.9 Å². The molecule has 0 bridgehead atoms. The SMILES string of the molecule is CC(C)(C)C[C@H](NC(=O)C(=O)Nc1ccc2[nH]ccc2c1)C(=O)N1C[C@]2(C[C@H]1C#N)C(=O)Nc1ccccc12. The lowest BCUT2D eigenvalue weighted by Crippen LogP contribution is -2.53. The minimum absolute atomic E-state index is 0.00625. The molecular weight excluding hydrogens is 496 g/mol. The number of nitrogens with one attached hydrogen (secondary N) is 4. The molecule has 2 aromatic carbocycles. The molecule has 10 heteroatoms. The Balaban J connectivity index is 1.36. The largest absolute Gasteiger partial charge is 0.361 e. The number of H-pyrrole nitrogens is 1. The molecule has 39 heavy (non-hydrogen) atoms. The molecule has 0 saturated carbocycles. The summed E-state index contributed by atoms with van der Waals surface area (Å²) >= 11 is 0. The van der Waals surface area contributed by atoms with Crippen molar-refractivity contribution in [1.82, 2.24) is 15.2 Å². The van der Waals surface area contributed by atoms with Crippen molar-refractivity contribution in [3.63, 3.8) is 0 Å². The number of carbonyl (C=O) groups excluding carboxylic acids is 4. The third kappa shape index (κ3) is 4.83. The number of rotatable bonds is 4. The van der Waals surface area contributed by atoms with E-state index in [1.54, 1.807) is 30.5 Å². The smallest absolute Gasteiger partial charge is 0.313 e. The van der Waals surface area contributed by atoms with Gasteiger partial charge in [0.25, 0.3) is 0 Å². The van der Waals surface area contributed by atoms with Crippen molar-refractivity contribution in [3.8, 4) is 6.07 Å². The third-order valence-corrected chi connectivity index (χ3v) is 7.35. The van der Waals surface area contributed by atoms with Gasteiger partial charge in [-0.2, -0.15) is 5.26 Å². The van der Waals surface area contributed by atoms with Gasteiger partial charge in [-0.25, -0.2) is 0 Å². The Kier molecular flexibility index (Phi) is 6.38. The highest BCUT2D eigenvalue weighted by atomic mass is 16.2. The standard InChI is InChI=1S/C29H30N6O4/c1-28(2,3)14-23(33-25(37)24(36)32-18-8-9-21-17(12-18)10-11-31-21)26(38)35-16-29(13-19(35)15-30)20-6-4-5-7-22(20)34-27(29)39/h4-12,19,23,31H,13-14,16H2,1-3H3,(H,32,36)(H,33,37)(H,34,39)/t19-,23-,29-/m0/s1. The summed E-state index contributed by atoms with van der Waals surface area (Å²) in [5, 5.41) is 18.9. The normalized spacial score (nSPS) is 20.8. The number of carbonyl (C=O) groups is 4. The Bertz CT molecular complexity index is 1530. The maximum atomic E-state index is 13.9. The molecule has 3 heterocycles. The fourth-order valence-corrected chi connectivity index (χ4v) is 5.54. The van der Waals surface area contributed by atoms with E-state index in [4.69, 9.17) is 0 Å². The zero-order valence-corrected chi connectivity index (χ0v) is 22.0. The van der Waals surface area contributed by atoms with Gasteiger partial charge in [-0.3, -0.25) is 19.2 Å². The molecule has 1 aromatic heterocycles. The summed E-state index contributed by atoms with van der Waals surface area (Å²) in [7, 11) is 0. The Labute approximate surface area is 225 Å². The molecule has 5 rings (SSSR count). The highest BCUT2D eigenvalue weighted by molar-refractivity contribution is 6.40. The van der Waals surface area contributed by atoms with Crippen LogP contribution in [0, 0.1) is 16.7 Å². The van der Waals surface area contributed by atoms with E-state index < -0.39 is 35.2 Å². The Morgan fingerprint density at radius 3 is 2.67 bits per heavy atom. The number of aromatic nitrogens is 1. The van der Waals surface area contributed by atoms with E-state index in [1.165, 1.54) is 4.90 Å². The molecule has 2 aliphatic rings. The van der Waals surface area contributed by atoms with Crippen LogP contribution in [-0.2, 0) is 24.6 Å². The lowest BCUT2D eigenvalue weighted by atomic mass is 9.80. The number of aromatic amines is 1. The summed E-state index contributed by atoms with van der Waals surface area (Å²) in [6, 6.07) is 14.5. The molecular formula is C29H30N6O4. The van der Waals surface area contributed by atoms with Gasteiger partial charge in [-0.05, 0) is 47.7 Å². The minimum Gasteiger partial charge on any atom is -0.361 e. The number of para-hydroxylation sites is 1. The van der Waals surface area contributed by atoms with Crippen LogP contribution in [0.15, 0.2) is 54.7 Å². The summed E-state index contributed by atoms with van der Waals surface area (Å²) in [6.07, 6.45) is 2.15. The van der Waals surface area contributed by atoms with Gasteiger partial charge in [0.05, 0.1) is 11.5 Å². The first-order valence-electron chi connectivity index (χ1n) is 12.8. The minimum atomic E-state index is -1.07. The van der Waals surface area contributed by atoms with E-state index in [9.17, 15) is 24.4 Å². The van der Waals surface area contributed by atoms with Crippen LogP contribution in [0.4, 0.5) is 11.4 Å². The van der Waals surface area contributed by atoms with Gasteiger partial charge < -0.3 is 25.8 Å². The van der Waals surface area contributed by atoms with Gasteiger partial charge in [0.1, 0.15) is 12.1 Å². The molecule has 4 N–H and O–H groups in total. The zero-order valence-electron chi connectivity index (χ0n) is 22.0. The van der Waals surface area contributed by atoms with E-state index in [1.807, 2.05) is 45.0 Å². The number of benzene rings is 2. The number of nitrogens with zero attached hydrogens (tertiary/aromatic N) is 2. The van der Waals surface area contributed by atoms with Gasteiger partial charge in [0, 0.05) is 41.4 Å². The molecule has 1 saturated heterocycles. The maximum Gasteiger partial charge on any atom is 0.313 e. The fourth-order valence-electron chi connectivity index (χ4n) is 5.54. The average Bonchev–Trinajstić information content (AvgIpc) is 3.58. The molecule has 0 aliphatic carbocycles. The lowest BCUT2D eigenvalue weighted by molar-refractivity contribution is -0.141. The van der Waals surface area contributed by atoms with E-state index in [0.29, 0.717) is 11.4 Å². The van der Waals surface area contributed by atoms with E-state index in [2.05, 4.69) is 27.0 Å². The predicted octanol–water partition coefficient (Wildman–Crippen LogP) is 3.04.